The largest absolute Gasteiger partial charge is 0.490 e. The van der Waals surface area contributed by atoms with Crippen molar-refractivity contribution in [1.29, 1.82) is 0 Å². The molecule has 2 rings (SSSR count). The lowest BCUT2D eigenvalue weighted by Crippen LogP contribution is -2.23. The number of hydrogen-bond acceptors (Lipinski definition) is 6. The quantitative estimate of drug-likeness (QED) is 0.265. The SMILES string of the molecule is C=CC(=O)Oc1c(C)ccc(C(C)(C)c2ccc(C)c(OC(=O)C=C)c2OCC)c1OCC. The van der Waals surface area contributed by atoms with Gasteiger partial charge in [0.15, 0.2) is 23.0 Å². The summed E-state index contributed by atoms with van der Waals surface area (Å²) in [4.78, 5) is 24.0. The maximum Gasteiger partial charge on any atom is 0.335 e. The van der Waals surface area contributed by atoms with Gasteiger partial charge in [-0.05, 0) is 38.8 Å². The van der Waals surface area contributed by atoms with Crippen molar-refractivity contribution in [3.05, 3.63) is 71.8 Å². The molecule has 0 bridgehead atoms. The Labute approximate surface area is 195 Å². The molecule has 0 atom stereocenters. The van der Waals surface area contributed by atoms with Crippen LogP contribution in [0.2, 0.25) is 0 Å². The van der Waals surface area contributed by atoms with Crippen LogP contribution in [0.5, 0.6) is 23.0 Å². The molecule has 2 aromatic carbocycles. The minimum Gasteiger partial charge on any atom is -0.490 e. The fourth-order valence-electron chi connectivity index (χ4n) is 3.57. The first-order chi connectivity index (χ1) is 15.6. The third-order valence-corrected chi connectivity index (χ3v) is 5.28. The molecule has 33 heavy (non-hydrogen) atoms. The van der Waals surface area contributed by atoms with Gasteiger partial charge in [-0.15, -0.1) is 0 Å². The molecule has 176 valence electrons. The normalized spacial score (nSPS) is 10.8. The van der Waals surface area contributed by atoms with Gasteiger partial charge in [0.1, 0.15) is 0 Å². The second-order valence-corrected chi connectivity index (χ2v) is 7.92. The minimum atomic E-state index is -0.679. The number of rotatable bonds is 10. The van der Waals surface area contributed by atoms with Crippen molar-refractivity contribution in [1.82, 2.24) is 0 Å². The molecule has 0 fully saturated rings. The smallest absolute Gasteiger partial charge is 0.335 e. The molecule has 6 heteroatoms. The summed E-state index contributed by atoms with van der Waals surface area (Å²) in [6.45, 7) is 19.1. The molecule has 0 aromatic heterocycles. The molecule has 6 nitrogen and oxygen atoms in total. The van der Waals surface area contributed by atoms with E-state index in [1.807, 2.05) is 65.8 Å². The van der Waals surface area contributed by atoms with Gasteiger partial charge in [-0.3, -0.25) is 0 Å². The van der Waals surface area contributed by atoms with Crippen LogP contribution in [-0.2, 0) is 15.0 Å². The molecule has 0 amide bonds. The molecule has 2 aromatic rings. The van der Waals surface area contributed by atoms with Crippen molar-refractivity contribution < 1.29 is 28.5 Å². The number of hydrogen-bond donors (Lipinski definition) is 0. The van der Waals surface area contributed by atoms with Crippen molar-refractivity contribution in [2.45, 2.75) is 47.0 Å². The van der Waals surface area contributed by atoms with Crippen LogP contribution < -0.4 is 18.9 Å². The van der Waals surface area contributed by atoms with Gasteiger partial charge < -0.3 is 18.9 Å². The van der Waals surface area contributed by atoms with E-state index in [0.29, 0.717) is 36.2 Å². The summed E-state index contributed by atoms with van der Waals surface area (Å²) in [5.74, 6) is 0.470. The van der Waals surface area contributed by atoms with Crippen LogP contribution in [0.1, 0.15) is 49.9 Å². The van der Waals surface area contributed by atoms with Gasteiger partial charge in [0.05, 0.1) is 13.2 Å². The molecule has 0 aliphatic carbocycles. The zero-order chi connectivity index (χ0) is 24.8. The lowest BCUT2D eigenvalue weighted by molar-refractivity contribution is -0.130. The van der Waals surface area contributed by atoms with Crippen molar-refractivity contribution in [3.63, 3.8) is 0 Å². The third-order valence-electron chi connectivity index (χ3n) is 5.28. The highest BCUT2D eigenvalue weighted by atomic mass is 16.6. The fraction of sp³-hybridized carbons (Fsp3) is 0.333. The maximum absolute atomic E-state index is 12.0. The van der Waals surface area contributed by atoms with E-state index in [4.69, 9.17) is 18.9 Å². The Hall–Kier alpha value is -3.54. The van der Waals surface area contributed by atoms with Crippen LogP contribution in [-0.4, -0.2) is 25.2 Å². The van der Waals surface area contributed by atoms with Gasteiger partial charge in [0.25, 0.3) is 0 Å². The molecule has 0 radical (unpaired) electrons. The molecule has 0 aliphatic heterocycles. The van der Waals surface area contributed by atoms with Crippen molar-refractivity contribution in [3.8, 4) is 23.0 Å². The monoisotopic (exact) mass is 452 g/mol. The van der Waals surface area contributed by atoms with E-state index in [1.165, 1.54) is 0 Å². The number of esters is 2. The van der Waals surface area contributed by atoms with Crippen LogP contribution in [0.25, 0.3) is 0 Å². The molecule has 0 spiro atoms. The van der Waals surface area contributed by atoms with Crippen LogP contribution in [0.4, 0.5) is 0 Å². The first-order valence-corrected chi connectivity index (χ1v) is 10.8. The lowest BCUT2D eigenvalue weighted by atomic mass is 9.76. The predicted octanol–water partition coefficient (Wildman–Crippen LogP) is 5.61. The first-order valence-electron chi connectivity index (χ1n) is 10.8. The van der Waals surface area contributed by atoms with E-state index in [0.717, 1.165) is 34.4 Å². The van der Waals surface area contributed by atoms with E-state index < -0.39 is 17.4 Å². The summed E-state index contributed by atoms with van der Waals surface area (Å²) in [5, 5.41) is 0. The summed E-state index contributed by atoms with van der Waals surface area (Å²) in [7, 11) is 0. The maximum atomic E-state index is 12.0. The molecule has 0 saturated carbocycles. The number of carbonyl (C=O) groups is 2. The first kappa shape index (κ1) is 25.7. The van der Waals surface area contributed by atoms with Crippen molar-refractivity contribution >= 4 is 11.9 Å². The van der Waals surface area contributed by atoms with Gasteiger partial charge in [-0.25, -0.2) is 9.59 Å². The Bertz CT molecular complexity index is 981. The van der Waals surface area contributed by atoms with Gasteiger partial charge >= 0.3 is 11.9 Å². The number of carbonyl (C=O) groups excluding carboxylic acids is 2. The average molecular weight is 453 g/mol. The van der Waals surface area contributed by atoms with Crippen LogP contribution >= 0.6 is 0 Å². The van der Waals surface area contributed by atoms with Crippen LogP contribution in [0.15, 0.2) is 49.6 Å². The Kier molecular flexibility index (Phi) is 8.46. The summed E-state index contributed by atoms with van der Waals surface area (Å²) in [6.07, 6.45) is 2.22. The van der Waals surface area contributed by atoms with Gasteiger partial charge in [-0.1, -0.05) is 51.3 Å². The highest BCUT2D eigenvalue weighted by Crippen LogP contribution is 2.49. The number of benzene rings is 2. The van der Waals surface area contributed by atoms with E-state index in [-0.39, 0.29) is 0 Å². The highest BCUT2D eigenvalue weighted by molar-refractivity contribution is 5.85. The Morgan fingerprint density at radius 1 is 0.758 bits per heavy atom. The summed E-state index contributed by atoms with van der Waals surface area (Å²) in [5.41, 5.74) is 2.40. The minimum absolute atomic E-state index is 0.343. The zero-order valence-electron chi connectivity index (χ0n) is 20.2. The molecule has 0 aliphatic rings. The number of ether oxygens (including phenoxy) is 4. The summed E-state index contributed by atoms with van der Waals surface area (Å²) in [6, 6.07) is 7.63. The van der Waals surface area contributed by atoms with E-state index in [9.17, 15) is 9.59 Å². The fourth-order valence-corrected chi connectivity index (χ4v) is 3.57. The van der Waals surface area contributed by atoms with E-state index >= 15 is 0 Å². The summed E-state index contributed by atoms with van der Waals surface area (Å²) < 4.78 is 23.1. The van der Waals surface area contributed by atoms with E-state index in [1.54, 1.807) is 0 Å². The highest BCUT2D eigenvalue weighted by Gasteiger charge is 2.34. The third kappa shape index (κ3) is 5.45. The van der Waals surface area contributed by atoms with Crippen molar-refractivity contribution in [2.24, 2.45) is 0 Å². The molecule has 0 unspecified atom stereocenters. The average Bonchev–Trinajstić information content (AvgIpc) is 2.78. The van der Waals surface area contributed by atoms with Crippen LogP contribution in [0.3, 0.4) is 0 Å². The van der Waals surface area contributed by atoms with Crippen LogP contribution in [0, 0.1) is 13.8 Å². The second kappa shape index (κ2) is 10.9. The topological polar surface area (TPSA) is 71.1 Å². The number of aryl methyl sites for hydroxylation is 2. The summed E-state index contributed by atoms with van der Waals surface area (Å²) >= 11 is 0. The standard InChI is InChI=1S/C27H32O6/c1-9-21(28)32-23-17(5)13-15-19(25(23)30-11-3)27(7,8)20-16-14-18(6)24(26(20)31-12-4)33-22(29)10-2/h9-10,13-16H,1-2,11-12H2,3-8H3. The predicted molar refractivity (Wildman–Crippen MR) is 128 cm³/mol. The van der Waals surface area contributed by atoms with Gasteiger partial charge in [0.2, 0.25) is 0 Å². The Morgan fingerprint density at radius 2 is 1.12 bits per heavy atom. The molecule has 0 saturated heterocycles. The van der Waals surface area contributed by atoms with Crippen molar-refractivity contribution in [2.75, 3.05) is 13.2 Å². The molecule has 0 heterocycles. The Morgan fingerprint density at radius 3 is 1.42 bits per heavy atom. The zero-order valence-corrected chi connectivity index (χ0v) is 20.2. The van der Waals surface area contributed by atoms with E-state index in [2.05, 4.69) is 13.2 Å². The molecular weight excluding hydrogens is 420 g/mol. The Balaban J connectivity index is 2.80. The van der Waals surface area contributed by atoms with Gasteiger partial charge in [-0.2, -0.15) is 0 Å². The lowest BCUT2D eigenvalue weighted by Gasteiger charge is -2.31. The van der Waals surface area contributed by atoms with Gasteiger partial charge in [0, 0.05) is 28.7 Å². The molecular formula is C27H32O6. The molecule has 0 N–H and O–H groups in total. The second-order valence-electron chi connectivity index (χ2n) is 7.92.